The van der Waals surface area contributed by atoms with Gasteiger partial charge in [0.1, 0.15) is 11.9 Å². The smallest absolute Gasteiger partial charge is 0.480 e. The van der Waals surface area contributed by atoms with Crippen LogP contribution >= 0.6 is 0 Å². The van der Waals surface area contributed by atoms with E-state index in [0.29, 0.717) is 0 Å². The molecular formula is C11H13BFNO5. The predicted molar refractivity (Wildman–Crippen MR) is 65.2 cm³/mol. The molecule has 0 spiro atoms. The minimum atomic E-state index is -1.80. The maximum absolute atomic E-state index is 13.6. The molecule has 1 rings (SSSR count). The monoisotopic (exact) mass is 269 g/mol. The van der Waals surface area contributed by atoms with E-state index >= 15 is 0 Å². The van der Waals surface area contributed by atoms with E-state index in [9.17, 15) is 14.0 Å². The van der Waals surface area contributed by atoms with Crippen LogP contribution in [0.4, 0.5) is 4.39 Å². The normalized spacial score (nSPS) is 11.8. The summed E-state index contributed by atoms with van der Waals surface area (Å²) in [5.74, 6) is -2.57. The Bertz CT molecular complexity index is 494. The molecule has 0 heterocycles. The molecule has 1 aromatic carbocycles. The number of hydrogen-bond donors (Lipinski definition) is 4. The molecule has 0 aromatic heterocycles. The maximum Gasteiger partial charge on any atom is 0.488 e. The lowest BCUT2D eigenvalue weighted by molar-refractivity contribution is -0.141. The van der Waals surface area contributed by atoms with E-state index in [1.165, 1.54) is 12.1 Å². The molecular weight excluding hydrogens is 256 g/mol. The maximum atomic E-state index is 13.6. The molecule has 0 bridgehead atoms. The molecule has 0 aliphatic carbocycles. The third-order valence-corrected chi connectivity index (χ3v) is 2.47. The van der Waals surface area contributed by atoms with Gasteiger partial charge in [-0.3, -0.25) is 4.79 Å². The van der Waals surface area contributed by atoms with Gasteiger partial charge in [-0.25, -0.2) is 9.18 Å². The van der Waals surface area contributed by atoms with Crippen LogP contribution in [0, 0.1) is 5.82 Å². The molecule has 4 N–H and O–H groups in total. The first-order chi connectivity index (χ1) is 8.81. The molecule has 1 unspecified atom stereocenters. The molecule has 0 saturated carbocycles. The zero-order valence-electron chi connectivity index (χ0n) is 10.1. The van der Waals surface area contributed by atoms with Gasteiger partial charge in [-0.2, -0.15) is 0 Å². The Kier molecular flexibility index (Phi) is 5.02. The summed E-state index contributed by atoms with van der Waals surface area (Å²) >= 11 is 0. The number of benzene rings is 1. The zero-order valence-corrected chi connectivity index (χ0v) is 10.1. The summed E-state index contributed by atoms with van der Waals surface area (Å²) in [6.07, 6.45) is -0.234. The first-order valence-corrected chi connectivity index (χ1v) is 5.45. The van der Waals surface area contributed by atoms with Gasteiger partial charge in [-0.15, -0.1) is 0 Å². The highest BCUT2D eigenvalue weighted by Gasteiger charge is 2.21. The van der Waals surface area contributed by atoms with Gasteiger partial charge < -0.3 is 20.5 Å². The largest absolute Gasteiger partial charge is 0.488 e. The molecule has 1 atom stereocenters. The molecule has 1 amide bonds. The van der Waals surface area contributed by atoms with E-state index in [4.69, 9.17) is 15.2 Å². The summed E-state index contributed by atoms with van der Waals surface area (Å²) in [7, 11) is -1.80. The SMILES string of the molecule is CC(=O)NC(Cc1ccc(B(O)O)cc1F)C(=O)O. The van der Waals surface area contributed by atoms with Crippen molar-refractivity contribution in [2.45, 2.75) is 19.4 Å². The molecule has 0 saturated heterocycles. The minimum Gasteiger partial charge on any atom is -0.480 e. The van der Waals surface area contributed by atoms with Crippen LogP contribution in [0.5, 0.6) is 0 Å². The fourth-order valence-electron chi connectivity index (χ4n) is 1.56. The van der Waals surface area contributed by atoms with Gasteiger partial charge in [-0.1, -0.05) is 12.1 Å². The van der Waals surface area contributed by atoms with Crippen molar-refractivity contribution in [1.29, 1.82) is 0 Å². The average Bonchev–Trinajstić information content (AvgIpc) is 2.29. The van der Waals surface area contributed by atoms with Gasteiger partial charge in [0.25, 0.3) is 0 Å². The van der Waals surface area contributed by atoms with Gasteiger partial charge in [0, 0.05) is 13.3 Å². The molecule has 0 aliphatic heterocycles. The van der Waals surface area contributed by atoms with E-state index in [-0.39, 0.29) is 17.4 Å². The molecule has 19 heavy (non-hydrogen) atoms. The van der Waals surface area contributed by atoms with Crippen LogP contribution in [0.25, 0.3) is 0 Å². The van der Waals surface area contributed by atoms with Crippen LogP contribution < -0.4 is 10.8 Å². The quantitative estimate of drug-likeness (QED) is 0.494. The van der Waals surface area contributed by atoms with Crippen LogP contribution in [0.2, 0.25) is 0 Å². The molecule has 0 fully saturated rings. The van der Waals surface area contributed by atoms with Crippen molar-refractivity contribution in [3.8, 4) is 0 Å². The van der Waals surface area contributed by atoms with E-state index < -0.39 is 30.9 Å². The second kappa shape index (κ2) is 6.30. The molecule has 6 nitrogen and oxygen atoms in total. The van der Waals surface area contributed by atoms with E-state index in [1.807, 2.05) is 0 Å². The van der Waals surface area contributed by atoms with E-state index in [1.54, 1.807) is 0 Å². The molecule has 8 heteroatoms. The Hall–Kier alpha value is -1.93. The summed E-state index contributed by atoms with van der Waals surface area (Å²) in [5, 5.41) is 28.8. The highest BCUT2D eigenvalue weighted by Crippen LogP contribution is 2.09. The van der Waals surface area contributed by atoms with Gasteiger partial charge in [-0.05, 0) is 17.1 Å². The average molecular weight is 269 g/mol. The number of carboxylic acids is 1. The Labute approximate surface area is 109 Å². The van der Waals surface area contributed by atoms with Crippen LogP contribution in [-0.4, -0.2) is 40.2 Å². The van der Waals surface area contributed by atoms with E-state index in [0.717, 1.165) is 13.0 Å². The molecule has 1 aromatic rings. The fourth-order valence-corrected chi connectivity index (χ4v) is 1.56. The highest BCUT2D eigenvalue weighted by atomic mass is 19.1. The topological polar surface area (TPSA) is 107 Å². The number of halogens is 1. The van der Waals surface area contributed by atoms with Crippen LogP contribution in [-0.2, 0) is 16.0 Å². The third-order valence-electron chi connectivity index (χ3n) is 2.47. The van der Waals surface area contributed by atoms with Crippen molar-refractivity contribution in [3.05, 3.63) is 29.6 Å². The molecule has 0 aliphatic rings. The Morgan fingerprint density at radius 2 is 2.05 bits per heavy atom. The number of carbonyl (C=O) groups is 2. The lowest BCUT2D eigenvalue weighted by Crippen LogP contribution is -2.41. The first-order valence-electron chi connectivity index (χ1n) is 5.45. The van der Waals surface area contributed by atoms with Crippen LogP contribution in [0.3, 0.4) is 0 Å². The summed E-state index contributed by atoms with van der Waals surface area (Å²) in [6.45, 7) is 1.16. The fraction of sp³-hybridized carbons (Fsp3) is 0.273. The minimum absolute atomic E-state index is 0.0346. The summed E-state index contributed by atoms with van der Waals surface area (Å²) < 4.78 is 13.6. The van der Waals surface area contributed by atoms with Crippen molar-refractivity contribution in [1.82, 2.24) is 5.32 Å². The number of carbonyl (C=O) groups excluding carboxylic acids is 1. The lowest BCUT2D eigenvalue weighted by Gasteiger charge is -2.14. The van der Waals surface area contributed by atoms with Gasteiger partial charge >= 0.3 is 13.1 Å². The zero-order chi connectivity index (χ0) is 14.6. The number of amides is 1. The number of carboxylic acid groups (broad SMARTS) is 1. The molecule has 0 radical (unpaired) electrons. The van der Waals surface area contributed by atoms with Crippen molar-refractivity contribution in [3.63, 3.8) is 0 Å². The van der Waals surface area contributed by atoms with Gasteiger partial charge in [0.15, 0.2) is 0 Å². The number of hydrogen-bond acceptors (Lipinski definition) is 4. The Balaban J connectivity index is 2.91. The first kappa shape index (κ1) is 15.1. The Morgan fingerprint density at radius 3 is 2.47 bits per heavy atom. The second-order valence-corrected chi connectivity index (χ2v) is 4.02. The van der Waals surface area contributed by atoms with Crippen LogP contribution in [0.1, 0.15) is 12.5 Å². The van der Waals surface area contributed by atoms with Gasteiger partial charge in [0.2, 0.25) is 5.91 Å². The van der Waals surface area contributed by atoms with Gasteiger partial charge in [0.05, 0.1) is 0 Å². The summed E-state index contributed by atoms with van der Waals surface area (Å²) in [6, 6.07) is 2.20. The third kappa shape index (κ3) is 4.34. The van der Waals surface area contributed by atoms with Crippen molar-refractivity contribution in [2.75, 3.05) is 0 Å². The standard InChI is InChI=1S/C11H13BFNO5/c1-6(15)14-10(11(16)17)4-7-2-3-8(12(18)19)5-9(7)13/h2-3,5,10,18-19H,4H2,1H3,(H,14,15)(H,16,17). The summed E-state index contributed by atoms with van der Waals surface area (Å²) in [4.78, 5) is 21.8. The van der Waals surface area contributed by atoms with Crippen molar-refractivity contribution < 1.29 is 29.1 Å². The molecule has 102 valence electrons. The predicted octanol–water partition coefficient (Wildman–Crippen LogP) is -1.36. The summed E-state index contributed by atoms with van der Waals surface area (Å²) in [5.41, 5.74) is 0.0261. The van der Waals surface area contributed by atoms with Crippen molar-refractivity contribution in [2.24, 2.45) is 0 Å². The van der Waals surface area contributed by atoms with Crippen LogP contribution in [0.15, 0.2) is 18.2 Å². The Morgan fingerprint density at radius 1 is 1.42 bits per heavy atom. The highest BCUT2D eigenvalue weighted by molar-refractivity contribution is 6.58. The number of aliphatic carboxylic acids is 1. The second-order valence-electron chi connectivity index (χ2n) is 4.02. The number of rotatable bonds is 5. The number of nitrogens with one attached hydrogen (secondary N) is 1. The lowest BCUT2D eigenvalue weighted by atomic mass is 9.79. The van der Waals surface area contributed by atoms with E-state index in [2.05, 4.69) is 5.32 Å². The van der Waals surface area contributed by atoms with Crippen molar-refractivity contribution >= 4 is 24.5 Å².